The van der Waals surface area contributed by atoms with Crippen molar-refractivity contribution >= 4 is 27.4 Å². The van der Waals surface area contributed by atoms with Crippen LogP contribution < -0.4 is 5.73 Å². The first-order chi connectivity index (χ1) is 7.59. The molecule has 0 saturated carbocycles. The van der Waals surface area contributed by atoms with Crippen LogP contribution in [0.5, 0.6) is 0 Å². The van der Waals surface area contributed by atoms with Gasteiger partial charge in [0.1, 0.15) is 0 Å². The molecule has 5 heteroatoms. The van der Waals surface area contributed by atoms with Crippen LogP contribution in [0.1, 0.15) is 15.9 Å². The molecule has 0 radical (unpaired) electrons. The highest BCUT2D eigenvalue weighted by Crippen LogP contribution is 2.24. The molecule has 2 rings (SSSR count). The molecule has 0 spiro atoms. The molecule has 0 fully saturated rings. The van der Waals surface area contributed by atoms with E-state index in [0.717, 1.165) is 4.47 Å². The van der Waals surface area contributed by atoms with Crippen LogP contribution >= 0.6 is 15.9 Å². The Kier molecular flexibility index (Phi) is 2.78. The molecular formula is C11H10BrN3O. The van der Waals surface area contributed by atoms with Crippen LogP contribution in [0.15, 0.2) is 35.1 Å². The van der Waals surface area contributed by atoms with Crippen molar-refractivity contribution in [2.75, 3.05) is 5.73 Å². The van der Waals surface area contributed by atoms with E-state index >= 15 is 0 Å². The van der Waals surface area contributed by atoms with Crippen molar-refractivity contribution in [1.29, 1.82) is 0 Å². The Hall–Kier alpha value is -1.62. The number of carbonyl (C=O) groups excluding carboxylic acids is 1. The summed E-state index contributed by atoms with van der Waals surface area (Å²) in [5.41, 5.74) is 7.31. The zero-order chi connectivity index (χ0) is 11.7. The fourth-order valence-electron chi connectivity index (χ4n) is 1.43. The van der Waals surface area contributed by atoms with Gasteiger partial charge < -0.3 is 5.73 Å². The fraction of sp³-hybridized carbons (Fsp3) is 0.0909. The van der Waals surface area contributed by atoms with Crippen molar-refractivity contribution < 1.29 is 4.79 Å². The standard InChI is InChI=1S/C11H10BrN3O/c1-15-6-7(5-14-15)11(16)8-3-2-4-9(12)10(8)13/h2-6H,13H2,1H3. The van der Waals surface area contributed by atoms with Crippen molar-refractivity contribution in [3.8, 4) is 0 Å². The number of hydrogen-bond donors (Lipinski definition) is 1. The smallest absolute Gasteiger partial charge is 0.198 e. The zero-order valence-corrected chi connectivity index (χ0v) is 10.2. The third-order valence-electron chi connectivity index (χ3n) is 2.26. The molecule has 2 aromatic rings. The van der Waals surface area contributed by atoms with E-state index in [4.69, 9.17) is 5.73 Å². The molecule has 4 nitrogen and oxygen atoms in total. The van der Waals surface area contributed by atoms with Crippen LogP contribution in [0.2, 0.25) is 0 Å². The Labute approximate surface area is 101 Å². The zero-order valence-electron chi connectivity index (χ0n) is 8.64. The minimum absolute atomic E-state index is 0.119. The van der Waals surface area contributed by atoms with Gasteiger partial charge in [-0.15, -0.1) is 0 Å². The van der Waals surface area contributed by atoms with Gasteiger partial charge in [0, 0.05) is 23.3 Å². The molecule has 0 aliphatic carbocycles. The summed E-state index contributed by atoms with van der Waals surface area (Å²) in [4.78, 5) is 12.1. The maximum absolute atomic E-state index is 12.1. The molecule has 0 amide bonds. The Morgan fingerprint density at radius 3 is 2.88 bits per heavy atom. The highest BCUT2D eigenvalue weighted by Gasteiger charge is 2.14. The summed E-state index contributed by atoms with van der Waals surface area (Å²) < 4.78 is 2.31. The molecule has 1 aromatic heterocycles. The lowest BCUT2D eigenvalue weighted by atomic mass is 10.0. The first-order valence-electron chi connectivity index (χ1n) is 4.67. The van der Waals surface area contributed by atoms with E-state index < -0.39 is 0 Å². The van der Waals surface area contributed by atoms with Gasteiger partial charge in [0.05, 0.1) is 17.4 Å². The fourth-order valence-corrected chi connectivity index (χ4v) is 1.80. The Bertz CT molecular complexity index is 548. The number of rotatable bonds is 2. The van der Waals surface area contributed by atoms with Crippen molar-refractivity contribution in [3.05, 3.63) is 46.2 Å². The summed E-state index contributed by atoms with van der Waals surface area (Å²) in [7, 11) is 1.76. The number of anilines is 1. The number of nitrogens with two attached hydrogens (primary N) is 1. The number of hydrogen-bond acceptors (Lipinski definition) is 3. The summed E-state index contributed by atoms with van der Waals surface area (Å²) in [6.45, 7) is 0. The Morgan fingerprint density at radius 2 is 2.25 bits per heavy atom. The van der Waals surface area contributed by atoms with Gasteiger partial charge in [-0.2, -0.15) is 5.10 Å². The summed E-state index contributed by atoms with van der Waals surface area (Å²) >= 11 is 3.29. The van der Waals surface area contributed by atoms with Gasteiger partial charge in [0.25, 0.3) is 0 Å². The minimum atomic E-state index is -0.119. The van der Waals surface area contributed by atoms with Crippen molar-refractivity contribution in [2.45, 2.75) is 0 Å². The number of aryl methyl sites for hydroxylation is 1. The Balaban J connectivity index is 2.45. The minimum Gasteiger partial charge on any atom is -0.397 e. The average Bonchev–Trinajstić information content (AvgIpc) is 2.68. The average molecular weight is 280 g/mol. The normalized spacial score (nSPS) is 10.4. The van der Waals surface area contributed by atoms with E-state index in [1.807, 2.05) is 0 Å². The predicted octanol–water partition coefficient (Wildman–Crippen LogP) is 2.00. The van der Waals surface area contributed by atoms with Crippen LogP contribution in [-0.2, 0) is 7.05 Å². The van der Waals surface area contributed by atoms with E-state index in [9.17, 15) is 4.79 Å². The van der Waals surface area contributed by atoms with Gasteiger partial charge in [-0.05, 0) is 28.1 Å². The van der Waals surface area contributed by atoms with Crippen molar-refractivity contribution in [2.24, 2.45) is 7.05 Å². The van der Waals surface area contributed by atoms with Gasteiger partial charge in [0.2, 0.25) is 0 Å². The molecule has 82 valence electrons. The van der Waals surface area contributed by atoms with Gasteiger partial charge in [0.15, 0.2) is 5.78 Å². The molecule has 0 atom stereocenters. The molecule has 16 heavy (non-hydrogen) atoms. The second kappa shape index (κ2) is 4.09. The van der Waals surface area contributed by atoms with Gasteiger partial charge in [-0.3, -0.25) is 9.48 Å². The SMILES string of the molecule is Cn1cc(C(=O)c2cccc(Br)c2N)cn1. The molecule has 0 aliphatic heterocycles. The molecule has 0 unspecified atom stereocenters. The highest BCUT2D eigenvalue weighted by atomic mass is 79.9. The lowest BCUT2D eigenvalue weighted by molar-refractivity contribution is 0.103. The summed E-state index contributed by atoms with van der Waals surface area (Å²) in [6, 6.07) is 5.29. The third kappa shape index (κ3) is 1.86. The number of nitrogen functional groups attached to an aromatic ring is 1. The van der Waals surface area contributed by atoms with E-state index in [-0.39, 0.29) is 5.78 Å². The first-order valence-corrected chi connectivity index (χ1v) is 5.46. The molecule has 1 heterocycles. The molecule has 0 aliphatic rings. The third-order valence-corrected chi connectivity index (χ3v) is 2.96. The molecule has 2 N–H and O–H groups in total. The van der Waals surface area contributed by atoms with E-state index in [1.54, 1.807) is 36.1 Å². The summed E-state index contributed by atoms with van der Waals surface area (Å²) in [5, 5.41) is 3.96. The molecule has 1 aromatic carbocycles. The molecular weight excluding hydrogens is 270 g/mol. The molecule has 0 saturated heterocycles. The van der Waals surface area contributed by atoms with Crippen LogP contribution in [0.4, 0.5) is 5.69 Å². The van der Waals surface area contributed by atoms with Crippen LogP contribution in [0, 0.1) is 0 Å². The second-order valence-corrected chi connectivity index (χ2v) is 4.29. The van der Waals surface area contributed by atoms with Gasteiger partial charge in [-0.1, -0.05) is 6.07 Å². The predicted molar refractivity (Wildman–Crippen MR) is 65.2 cm³/mol. The number of halogens is 1. The maximum atomic E-state index is 12.1. The lowest BCUT2D eigenvalue weighted by Gasteiger charge is -2.04. The molecule has 0 bridgehead atoms. The van der Waals surface area contributed by atoms with Crippen LogP contribution in [-0.4, -0.2) is 15.6 Å². The Morgan fingerprint density at radius 1 is 1.50 bits per heavy atom. The van der Waals surface area contributed by atoms with Crippen LogP contribution in [0.25, 0.3) is 0 Å². The van der Waals surface area contributed by atoms with E-state index in [1.165, 1.54) is 6.20 Å². The number of para-hydroxylation sites is 1. The topological polar surface area (TPSA) is 60.9 Å². The summed E-state index contributed by atoms with van der Waals surface area (Å²) in [5.74, 6) is -0.119. The quantitative estimate of drug-likeness (QED) is 0.676. The maximum Gasteiger partial charge on any atom is 0.198 e. The van der Waals surface area contributed by atoms with E-state index in [2.05, 4.69) is 21.0 Å². The second-order valence-electron chi connectivity index (χ2n) is 3.43. The van der Waals surface area contributed by atoms with Crippen molar-refractivity contribution in [3.63, 3.8) is 0 Å². The van der Waals surface area contributed by atoms with E-state index in [0.29, 0.717) is 16.8 Å². The number of benzene rings is 1. The lowest BCUT2D eigenvalue weighted by Crippen LogP contribution is -2.05. The monoisotopic (exact) mass is 279 g/mol. The number of nitrogens with zero attached hydrogens (tertiary/aromatic N) is 2. The number of aromatic nitrogens is 2. The largest absolute Gasteiger partial charge is 0.397 e. The summed E-state index contributed by atoms with van der Waals surface area (Å²) in [6.07, 6.45) is 3.20. The van der Waals surface area contributed by atoms with Crippen LogP contribution in [0.3, 0.4) is 0 Å². The highest BCUT2D eigenvalue weighted by molar-refractivity contribution is 9.10. The van der Waals surface area contributed by atoms with Gasteiger partial charge in [-0.25, -0.2) is 0 Å². The number of carbonyl (C=O) groups is 1. The van der Waals surface area contributed by atoms with Crippen molar-refractivity contribution in [1.82, 2.24) is 9.78 Å². The first kappa shape index (κ1) is 10.9. The van der Waals surface area contributed by atoms with Gasteiger partial charge >= 0.3 is 0 Å². The number of ketones is 1.